The van der Waals surface area contributed by atoms with Crippen LogP contribution in [0.15, 0.2) is 17.5 Å². The summed E-state index contributed by atoms with van der Waals surface area (Å²) in [6.45, 7) is 1.27. The van der Waals surface area contributed by atoms with Gasteiger partial charge in [0.05, 0.1) is 4.88 Å². The average Bonchev–Trinajstić information content (AvgIpc) is 2.84. The van der Waals surface area contributed by atoms with E-state index in [1.807, 2.05) is 0 Å². The van der Waals surface area contributed by atoms with Crippen LogP contribution in [0.25, 0.3) is 6.08 Å². The van der Waals surface area contributed by atoms with Crippen LogP contribution in [-0.2, 0) is 9.53 Å². The Kier molecular flexibility index (Phi) is 6.84. The van der Waals surface area contributed by atoms with Gasteiger partial charge in [0, 0.05) is 26.3 Å². The van der Waals surface area contributed by atoms with E-state index in [9.17, 15) is 9.59 Å². The lowest BCUT2D eigenvalue weighted by molar-refractivity contribution is -0.131. The van der Waals surface area contributed by atoms with E-state index in [1.54, 1.807) is 18.6 Å². The summed E-state index contributed by atoms with van der Waals surface area (Å²) < 4.78 is 4.92. The van der Waals surface area contributed by atoms with Crippen LogP contribution in [0.2, 0.25) is 0 Å². The Morgan fingerprint density at radius 1 is 1.47 bits per heavy atom. The lowest BCUT2D eigenvalue weighted by atomic mass is 10.2. The number of carboxylic acids is 1. The number of nitrogens with one attached hydrogen (secondary N) is 1. The lowest BCUT2D eigenvalue weighted by Crippen LogP contribution is -2.24. The minimum absolute atomic E-state index is 0.169. The summed E-state index contributed by atoms with van der Waals surface area (Å²) in [7, 11) is 1.64. The highest BCUT2D eigenvalue weighted by atomic mass is 32.1. The molecule has 0 atom stereocenters. The Hall–Kier alpha value is -1.66. The number of hydrogen-bond donors (Lipinski definition) is 2. The summed E-state index contributed by atoms with van der Waals surface area (Å²) in [6.07, 6.45) is 4.20. The van der Waals surface area contributed by atoms with E-state index in [4.69, 9.17) is 9.84 Å². The van der Waals surface area contributed by atoms with Gasteiger partial charge >= 0.3 is 5.97 Å². The number of carbonyl (C=O) groups excluding carboxylic acids is 1. The molecule has 0 aromatic carbocycles. The molecule has 0 spiro atoms. The van der Waals surface area contributed by atoms with E-state index < -0.39 is 5.97 Å². The predicted octanol–water partition coefficient (Wildman–Crippen LogP) is 2.00. The zero-order chi connectivity index (χ0) is 14.1. The number of carboxylic acid groups (broad SMARTS) is 1. The topological polar surface area (TPSA) is 75.6 Å². The second kappa shape index (κ2) is 8.44. The van der Waals surface area contributed by atoms with Crippen molar-refractivity contribution in [2.45, 2.75) is 12.8 Å². The van der Waals surface area contributed by atoms with Crippen LogP contribution in [0.5, 0.6) is 0 Å². The summed E-state index contributed by atoms with van der Waals surface area (Å²) in [5, 5.41) is 13.1. The third kappa shape index (κ3) is 5.67. The molecule has 0 aliphatic rings. The summed E-state index contributed by atoms with van der Waals surface area (Å²) in [5.41, 5.74) is 0.627. The SMILES string of the molecule is COCCCCNC(=O)c1sccc1/C=C/C(=O)O. The number of hydrogen-bond acceptors (Lipinski definition) is 4. The van der Waals surface area contributed by atoms with Crippen LogP contribution in [0.3, 0.4) is 0 Å². The number of amides is 1. The molecule has 0 aliphatic carbocycles. The number of unbranched alkanes of at least 4 members (excludes halogenated alkanes) is 1. The molecule has 0 radical (unpaired) electrons. The summed E-state index contributed by atoms with van der Waals surface area (Å²) in [5.74, 6) is -1.20. The second-order valence-corrected chi connectivity index (χ2v) is 4.75. The normalized spacial score (nSPS) is 10.8. The molecule has 1 rings (SSSR count). The van der Waals surface area contributed by atoms with Crippen molar-refractivity contribution in [1.82, 2.24) is 5.32 Å². The highest BCUT2D eigenvalue weighted by Gasteiger charge is 2.10. The van der Waals surface area contributed by atoms with E-state index in [-0.39, 0.29) is 5.91 Å². The second-order valence-electron chi connectivity index (χ2n) is 3.83. The summed E-state index contributed by atoms with van der Waals surface area (Å²) >= 11 is 1.30. The van der Waals surface area contributed by atoms with Gasteiger partial charge in [-0.1, -0.05) is 0 Å². The maximum absolute atomic E-state index is 11.9. The van der Waals surface area contributed by atoms with Crippen LogP contribution in [0.4, 0.5) is 0 Å². The zero-order valence-corrected chi connectivity index (χ0v) is 11.5. The van der Waals surface area contributed by atoms with E-state index in [0.717, 1.165) is 18.9 Å². The van der Waals surface area contributed by atoms with Gasteiger partial charge in [0.1, 0.15) is 0 Å². The molecule has 2 N–H and O–H groups in total. The number of rotatable bonds is 8. The first-order chi connectivity index (χ1) is 9.15. The van der Waals surface area contributed by atoms with E-state index >= 15 is 0 Å². The number of methoxy groups -OCH3 is 1. The molecule has 19 heavy (non-hydrogen) atoms. The molecule has 1 amide bonds. The summed E-state index contributed by atoms with van der Waals surface area (Å²) in [4.78, 5) is 22.9. The standard InChI is InChI=1S/C13H17NO4S/c1-18-8-3-2-7-14-13(17)12-10(6-9-19-12)4-5-11(15)16/h4-6,9H,2-3,7-8H2,1H3,(H,14,17)(H,15,16)/b5-4+. The molecule has 0 saturated heterocycles. The Labute approximate surface area is 115 Å². The summed E-state index contributed by atoms with van der Waals surface area (Å²) in [6, 6.07) is 1.73. The van der Waals surface area contributed by atoms with Gasteiger partial charge in [-0.05, 0) is 35.9 Å². The van der Waals surface area contributed by atoms with Gasteiger partial charge in [-0.25, -0.2) is 4.79 Å². The molecule has 104 valence electrons. The van der Waals surface area contributed by atoms with Crippen molar-refractivity contribution >= 4 is 29.3 Å². The van der Waals surface area contributed by atoms with E-state index in [2.05, 4.69) is 5.32 Å². The minimum Gasteiger partial charge on any atom is -0.478 e. The molecule has 1 aromatic heterocycles. The number of thiophene rings is 1. The number of aliphatic carboxylic acids is 1. The van der Waals surface area contributed by atoms with Crippen molar-refractivity contribution in [3.05, 3.63) is 28.0 Å². The van der Waals surface area contributed by atoms with E-state index in [1.165, 1.54) is 17.4 Å². The molecule has 1 heterocycles. The van der Waals surface area contributed by atoms with Crippen molar-refractivity contribution in [2.75, 3.05) is 20.3 Å². The van der Waals surface area contributed by atoms with Gasteiger partial charge in [-0.15, -0.1) is 11.3 Å². The third-order valence-electron chi connectivity index (χ3n) is 2.37. The molecule has 5 nitrogen and oxygen atoms in total. The monoisotopic (exact) mass is 283 g/mol. The molecule has 6 heteroatoms. The van der Waals surface area contributed by atoms with Crippen LogP contribution < -0.4 is 5.32 Å². The van der Waals surface area contributed by atoms with Crippen LogP contribution in [0, 0.1) is 0 Å². The molecule has 0 bridgehead atoms. The Morgan fingerprint density at radius 3 is 2.95 bits per heavy atom. The molecule has 0 fully saturated rings. The maximum atomic E-state index is 11.9. The molecule has 0 unspecified atom stereocenters. The molecule has 0 saturated carbocycles. The van der Waals surface area contributed by atoms with Crippen molar-refractivity contribution in [3.63, 3.8) is 0 Å². The first-order valence-corrected chi connectivity index (χ1v) is 6.78. The van der Waals surface area contributed by atoms with Gasteiger partial charge in [-0.2, -0.15) is 0 Å². The van der Waals surface area contributed by atoms with Crippen LogP contribution >= 0.6 is 11.3 Å². The van der Waals surface area contributed by atoms with E-state index in [0.29, 0.717) is 23.6 Å². The van der Waals surface area contributed by atoms with Crippen molar-refractivity contribution < 1.29 is 19.4 Å². The van der Waals surface area contributed by atoms with Crippen molar-refractivity contribution in [3.8, 4) is 0 Å². The fraction of sp³-hybridized carbons (Fsp3) is 0.385. The molecule has 1 aromatic rings. The highest BCUT2D eigenvalue weighted by molar-refractivity contribution is 7.12. The Morgan fingerprint density at radius 2 is 2.26 bits per heavy atom. The lowest BCUT2D eigenvalue weighted by Gasteiger charge is -2.04. The first-order valence-electron chi connectivity index (χ1n) is 5.90. The first kappa shape index (κ1) is 15.4. The van der Waals surface area contributed by atoms with Gasteiger partial charge in [0.2, 0.25) is 0 Å². The minimum atomic E-state index is -1.03. The molecule has 0 aliphatic heterocycles. The average molecular weight is 283 g/mol. The quantitative estimate of drug-likeness (QED) is 0.565. The Balaban J connectivity index is 2.48. The van der Waals surface area contributed by atoms with Crippen LogP contribution in [-0.4, -0.2) is 37.2 Å². The smallest absolute Gasteiger partial charge is 0.328 e. The molecular formula is C13H17NO4S. The number of ether oxygens (including phenoxy) is 1. The predicted molar refractivity (Wildman–Crippen MR) is 74.4 cm³/mol. The van der Waals surface area contributed by atoms with Crippen LogP contribution in [0.1, 0.15) is 28.1 Å². The third-order valence-corrected chi connectivity index (χ3v) is 3.30. The van der Waals surface area contributed by atoms with Gasteiger partial charge in [-0.3, -0.25) is 4.79 Å². The fourth-order valence-corrected chi connectivity index (χ4v) is 2.25. The van der Waals surface area contributed by atoms with Gasteiger partial charge < -0.3 is 15.2 Å². The Bertz CT molecular complexity index is 453. The maximum Gasteiger partial charge on any atom is 0.328 e. The van der Waals surface area contributed by atoms with Crippen molar-refractivity contribution in [1.29, 1.82) is 0 Å². The zero-order valence-electron chi connectivity index (χ0n) is 10.7. The van der Waals surface area contributed by atoms with Gasteiger partial charge in [0.25, 0.3) is 5.91 Å². The number of carbonyl (C=O) groups is 2. The highest BCUT2D eigenvalue weighted by Crippen LogP contribution is 2.18. The fourth-order valence-electron chi connectivity index (χ4n) is 1.45. The van der Waals surface area contributed by atoms with Gasteiger partial charge in [0.15, 0.2) is 0 Å². The van der Waals surface area contributed by atoms with Crippen molar-refractivity contribution in [2.24, 2.45) is 0 Å². The largest absolute Gasteiger partial charge is 0.478 e. The molecular weight excluding hydrogens is 266 g/mol.